The molecule has 1 saturated carbocycles. The Kier molecular flexibility index (Phi) is 2.80. The fourth-order valence-corrected chi connectivity index (χ4v) is 2.59. The number of hydrogen-bond acceptors (Lipinski definition) is 1. The van der Waals surface area contributed by atoms with Crippen LogP contribution in [0.15, 0.2) is 0 Å². The van der Waals surface area contributed by atoms with Crippen LogP contribution in [0.4, 0.5) is 0 Å². The summed E-state index contributed by atoms with van der Waals surface area (Å²) in [6.07, 6.45) is 6.01. The van der Waals surface area contributed by atoms with E-state index in [4.69, 9.17) is 0 Å². The normalized spacial score (nSPS) is 37.0. The Labute approximate surface area is 86.7 Å². The van der Waals surface area contributed by atoms with E-state index in [0.717, 1.165) is 19.4 Å². The summed E-state index contributed by atoms with van der Waals surface area (Å²) < 4.78 is 0. The number of carbonyl (C=O) groups is 1. The van der Waals surface area contributed by atoms with Gasteiger partial charge in [0.05, 0.1) is 0 Å². The molecule has 0 aromatic rings. The van der Waals surface area contributed by atoms with Crippen molar-refractivity contribution in [3.63, 3.8) is 0 Å². The molecule has 2 heteroatoms. The Morgan fingerprint density at radius 1 is 1.43 bits per heavy atom. The summed E-state index contributed by atoms with van der Waals surface area (Å²) in [6, 6.07) is 0.545. The van der Waals surface area contributed by atoms with E-state index in [1.165, 1.54) is 19.3 Å². The molecule has 0 N–H and O–H groups in total. The maximum atomic E-state index is 12.1. The van der Waals surface area contributed by atoms with Gasteiger partial charge in [0, 0.05) is 18.5 Å². The van der Waals surface area contributed by atoms with Gasteiger partial charge >= 0.3 is 0 Å². The van der Waals surface area contributed by atoms with Gasteiger partial charge in [0.15, 0.2) is 0 Å². The standard InChI is InChI=1S/C12H21NO/c1-3-10-6-4-5-7-13(10)12(14)11-8-9(11)2/h9-11H,3-8H2,1-2H3. The number of amides is 1. The van der Waals surface area contributed by atoms with Crippen LogP contribution >= 0.6 is 0 Å². The van der Waals surface area contributed by atoms with E-state index >= 15 is 0 Å². The van der Waals surface area contributed by atoms with Crippen molar-refractivity contribution in [2.75, 3.05) is 6.54 Å². The molecule has 3 atom stereocenters. The number of hydrogen-bond donors (Lipinski definition) is 0. The topological polar surface area (TPSA) is 20.3 Å². The van der Waals surface area contributed by atoms with Gasteiger partial charge in [0.2, 0.25) is 5.91 Å². The summed E-state index contributed by atoms with van der Waals surface area (Å²) in [5.74, 6) is 1.48. The van der Waals surface area contributed by atoms with Gasteiger partial charge in [0.1, 0.15) is 0 Å². The van der Waals surface area contributed by atoms with E-state index in [-0.39, 0.29) is 0 Å². The first-order valence-corrected chi connectivity index (χ1v) is 6.04. The SMILES string of the molecule is CCC1CCCCN1C(=O)C1CC1C. The van der Waals surface area contributed by atoms with Crippen LogP contribution in [0, 0.1) is 11.8 Å². The molecule has 1 aliphatic heterocycles. The van der Waals surface area contributed by atoms with Gasteiger partial charge in [0.25, 0.3) is 0 Å². The number of likely N-dealkylation sites (tertiary alicyclic amines) is 1. The number of nitrogens with zero attached hydrogens (tertiary/aromatic N) is 1. The molecule has 1 saturated heterocycles. The first-order valence-electron chi connectivity index (χ1n) is 6.04. The van der Waals surface area contributed by atoms with E-state index in [0.29, 0.717) is 23.8 Å². The van der Waals surface area contributed by atoms with Crippen LogP contribution in [0.3, 0.4) is 0 Å². The molecule has 14 heavy (non-hydrogen) atoms. The van der Waals surface area contributed by atoms with E-state index in [1.807, 2.05) is 0 Å². The molecule has 2 aliphatic rings. The molecule has 1 heterocycles. The maximum absolute atomic E-state index is 12.1. The van der Waals surface area contributed by atoms with Gasteiger partial charge in [-0.25, -0.2) is 0 Å². The third-order valence-corrected chi connectivity index (χ3v) is 3.81. The summed E-state index contributed by atoms with van der Waals surface area (Å²) >= 11 is 0. The minimum Gasteiger partial charge on any atom is -0.339 e. The highest BCUT2D eigenvalue weighted by Gasteiger charge is 2.43. The van der Waals surface area contributed by atoms with Crippen LogP contribution in [0.2, 0.25) is 0 Å². The highest BCUT2D eigenvalue weighted by Crippen LogP contribution is 2.40. The third kappa shape index (κ3) is 1.79. The Morgan fingerprint density at radius 3 is 2.71 bits per heavy atom. The molecular formula is C12H21NO. The van der Waals surface area contributed by atoms with E-state index in [1.54, 1.807) is 0 Å². The lowest BCUT2D eigenvalue weighted by molar-refractivity contribution is -0.136. The Morgan fingerprint density at radius 2 is 2.14 bits per heavy atom. The van der Waals surface area contributed by atoms with Crippen molar-refractivity contribution in [1.82, 2.24) is 4.90 Å². The molecule has 2 fully saturated rings. The van der Waals surface area contributed by atoms with Gasteiger partial charge in [-0.3, -0.25) is 4.79 Å². The van der Waals surface area contributed by atoms with Crippen molar-refractivity contribution in [2.24, 2.45) is 11.8 Å². The number of rotatable bonds is 2. The van der Waals surface area contributed by atoms with Crippen LogP contribution in [-0.2, 0) is 4.79 Å². The van der Waals surface area contributed by atoms with Crippen molar-refractivity contribution in [2.45, 2.75) is 52.0 Å². The lowest BCUT2D eigenvalue weighted by Crippen LogP contribution is -2.44. The van der Waals surface area contributed by atoms with Crippen molar-refractivity contribution in [3.05, 3.63) is 0 Å². The second-order valence-electron chi connectivity index (χ2n) is 4.91. The van der Waals surface area contributed by atoms with Crippen molar-refractivity contribution < 1.29 is 4.79 Å². The van der Waals surface area contributed by atoms with Gasteiger partial charge in [-0.05, 0) is 38.0 Å². The number of carbonyl (C=O) groups excluding carboxylic acids is 1. The molecule has 2 rings (SSSR count). The van der Waals surface area contributed by atoms with Crippen LogP contribution in [0.5, 0.6) is 0 Å². The highest BCUT2D eigenvalue weighted by atomic mass is 16.2. The third-order valence-electron chi connectivity index (χ3n) is 3.81. The molecular weight excluding hydrogens is 174 g/mol. The molecule has 0 aromatic carbocycles. The molecule has 1 amide bonds. The van der Waals surface area contributed by atoms with Crippen LogP contribution in [0.25, 0.3) is 0 Å². The summed E-state index contributed by atoms with van der Waals surface area (Å²) in [5, 5.41) is 0. The molecule has 0 radical (unpaired) electrons. The van der Waals surface area contributed by atoms with Gasteiger partial charge in [-0.15, -0.1) is 0 Å². The smallest absolute Gasteiger partial charge is 0.226 e. The first kappa shape index (κ1) is 10.0. The second-order valence-corrected chi connectivity index (χ2v) is 4.91. The van der Waals surface area contributed by atoms with Gasteiger partial charge in [-0.1, -0.05) is 13.8 Å². The van der Waals surface area contributed by atoms with Crippen molar-refractivity contribution in [3.8, 4) is 0 Å². The average Bonchev–Trinajstić information content (AvgIpc) is 2.94. The maximum Gasteiger partial charge on any atom is 0.226 e. The number of piperidine rings is 1. The lowest BCUT2D eigenvalue weighted by Gasteiger charge is -2.35. The predicted octanol–water partition coefficient (Wildman–Crippen LogP) is 2.43. The zero-order chi connectivity index (χ0) is 10.1. The zero-order valence-corrected chi connectivity index (χ0v) is 9.33. The van der Waals surface area contributed by atoms with Crippen LogP contribution < -0.4 is 0 Å². The fourth-order valence-electron chi connectivity index (χ4n) is 2.59. The van der Waals surface area contributed by atoms with Crippen molar-refractivity contribution >= 4 is 5.91 Å². The molecule has 1 aliphatic carbocycles. The Balaban J connectivity index is 1.96. The minimum absolute atomic E-state index is 0.377. The molecule has 80 valence electrons. The Hall–Kier alpha value is -0.530. The van der Waals surface area contributed by atoms with Crippen LogP contribution in [0.1, 0.15) is 46.0 Å². The fraction of sp³-hybridized carbons (Fsp3) is 0.917. The summed E-state index contributed by atoms with van der Waals surface area (Å²) in [7, 11) is 0. The summed E-state index contributed by atoms with van der Waals surface area (Å²) in [6.45, 7) is 5.40. The minimum atomic E-state index is 0.377. The lowest BCUT2D eigenvalue weighted by atomic mass is 9.99. The Bertz CT molecular complexity index is 226. The van der Waals surface area contributed by atoms with Crippen LogP contribution in [-0.4, -0.2) is 23.4 Å². The summed E-state index contributed by atoms with van der Waals surface area (Å²) in [4.78, 5) is 14.2. The summed E-state index contributed by atoms with van der Waals surface area (Å²) in [5.41, 5.74) is 0. The van der Waals surface area contributed by atoms with E-state index in [9.17, 15) is 4.79 Å². The van der Waals surface area contributed by atoms with E-state index < -0.39 is 0 Å². The van der Waals surface area contributed by atoms with Crippen molar-refractivity contribution in [1.29, 1.82) is 0 Å². The molecule has 3 unspecified atom stereocenters. The first-order chi connectivity index (χ1) is 6.74. The zero-order valence-electron chi connectivity index (χ0n) is 9.33. The second kappa shape index (κ2) is 3.92. The molecule has 0 aromatic heterocycles. The van der Waals surface area contributed by atoms with Gasteiger partial charge < -0.3 is 4.90 Å². The largest absolute Gasteiger partial charge is 0.339 e. The van der Waals surface area contributed by atoms with E-state index in [2.05, 4.69) is 18.7 Å². The van der Waals surface area contributed by atoms with Gasteiger partial charge in [-0.2, -0.15) is 0 Å². The quantitative estimate of drug-likeness (QED) is 0.662. The molecule has 2 nitrogen and oxygen atoms in total. The monoisotopic (exact) mass is 195 g/mol. The highest BCUT2D eigenvalue weighted by molar-refractivity contribution is 5.82. The molecule has 0 bridgehead atoms. The predicted molar refractivity (Wildman–Crippen MR) is 56.9 cm³/mol. The average molecular weight is 195 g/mol. The molecule has 0 spiro atoms.